The van der Waals surface area contributed by atoms with E-state index in [1.165, 1.54) is 0 Å². The first-order valence-corrected chi connectivity index (χ1v) is 5.40. The molecule has 0 spiro atoms. The Morgan fingerprint density at radius 3 is 2.88 bits per heavy atom. The largest absolute Gasteiger partial charge is 0.396 e. The van der Waals surface area contributed by atoms with Crippen molar-refractivity contribution in [2.24, 2.45) is 0 Å². The summed E-state index contributed by atoms with van der Waals surface area (Å²) in [5.74, 6) is 0. The van der Waals surface area contributed by atoms with E-state index in [0.29, 0.717) is 24.2 Å². The second-order valence-corrected chi connectivity index (χ2v) is 3.59. The highest BCUT2D eigenvalue weighted by Crippen LogP contribution is 2.27. The first-order chi connectivity index (χ1) is 8.16. The number of nitrogens with zero attached hydrogens (tertiary/aromatic N) is 1. The number of aliphatic hydroxyl groups excluding tert-OH is 1. The van der Waals surface area contributed by atoms with Crippen LogP contribution in [0.25, 0.3) is 0 Å². The first-order valence-electron chi connectivity index (χ1n) is 5.40. The van der Waals surface area contributed by atoms with E-state index in [0.717, 1.165) is 0 Å². The third-order valence-electron chi connectivity index (χ3n) is 2.29. The Morgan fingerprint density at radius 1 is 1.47 bits per heavy atom. The molecule has 2 N–H and O–H groups in total. The van der Waals surface area contributed by atoms with Crippen LogP contribution < -0.4 is 5.32 Å². The normalized spacial score (nSPS) is 10.7. The molecule has 0 amide bonds. The Balaban J connectivity index is 2.71. The lowest BCUT2D eigenvalue weighted by Crippen LogP contribution is -2.03. The van der Waals surface area contributed by atoms with E-state index >= 15 is 0 Å². The number of nitrogens with one attached hydrogen (secondary N) is 1. The zero-order chi connectivity index (χ0) is 12.7. The summed E-state index contributed by atoms with van der Waals surface area (Å²) in [5.41, 5.74) is 1.27. The van der Waals surface area contributed by atoms with E-state index in [-0.39, 0.29) is 17.2 Å². The van der Waals surface area contributed by atoms with Crippen molar-refractivity contribution in [1.29, 1.82) is 0 Å². The maximum absolute atomic E-state index is 10.9. The minimum Gasteiger partial charge on any atom is -0.396 e. The molecule has 1 rings (SSSR count). The van der Waals surface area contributed by atoms with Crippen molar-refractivity contribution in [3.8, 4) is 0 Å². The molecule has 0 aromatic heterocycles. The molecule has 1 aromatic carbocycles. The maximum atomic E-state index is 10.9. The predicted octanol–water partition coefficient (Wildman–Crippen LogP) is 2.25. The number of hydrogen-bond acceptors (Lipinski definition) is 4. The second kappa shape index (κ2) is 6.65. The third kappa shape index (κ3) is 3.88. The molecule has 0 aliphatic carbocycles. The van der Waals surface area contributed by atoms with Gasteiger partial charge in [0.1, 0.15) is 5.69 Å². The van der Waals surface area contributed by atoms with Gasteiger partial charge in [0, 0.05) is 18.7 Å². The van der Waals surface area contributed by atoms with Crippen molar-refractivity contribution in [2.75, 3.05) is 18.5 Å². The highest BCUT2D eigenvalue weighted by atomic mass is 16.6. The molecule has 5 heteroatoms. The fourth-order valence-corrected chi connectivity index (χ4v) is 1.49. The van der Waals surface area contributed by atoms with Crippen molar-refractivity contribution in [2.45, 2.75) is 13.3 Å². The zero-order valence-electron chi connectivity index (χ0n) is 9.72. The summed E-state index contributed by atoms with van der Waals surface area (Å²) in [5, 5.41) is 22.5. The summed E-state index contributed by atoms with van der Waals surface area (Å²) < 4.78 is 0. The quantitative estimate of drug-likeness (QED) is 0.451. The Morgan fingerprint density at radius 2 is 2.24 bits per heavy atom. The Labute approximate surface area is 99.9 Å². The van der Waals surface area contributed by atoms with Crippen molar-refractivity contribution in [3.63, 3.8) is 0 Å². The van der Waals surface area contributed by atoms with Crippen molar-refractivity contribution < 1.29 is 10.0 Å². The van der Waals surface area contributed by atoms with Gasteiger partial charge in [0.2, 0.25) is 0 Å². The van der Waals surface area contributed by atoms with Crippen molar-refractivity contribution >= 4 is 11.4 Å². The number of aryl methyl sites for hydroxylation is 1. The molecule has 0 saturated carbocycles. The van der Waals surface area contributed by atoms with Gasteiger partial charge in [-0.1, -0.05) is 24.3 Å². The summed E-state index contributed by atoms with van der Waals surface area (Å²) in [6.45, 7) is 2.33. The maximum Gasteiger partial charge on any atom is 0.295 e. The SMILES string of the molecule is Cc1cccc(NC/C=C/CCO)c1[N+](=O)[O-]. The molecule has 92 valence electrons. The van der Waals surface area contributed by atoms with Gasteiger partial charge >= 0.3 is 0 Å². The number of hydrogen-bond donors (Lipinski definition) is 2. The highest BCUT2D eigenvalue weighted by Gasteiger charge is 2.15. The van der Waals surface area contributed by atoms with Gasteiger partial charge in [0.05, 0.1) is 4.92 Å². The molecule has 0 aliphatic heterocycles. The first kappa shape index (κ1) is 13.2. The van der Waals surface area contributed by atoms with Gasteiger partial charge in [-0.2, -0.15) is 0 Å². The van der Waals surface area contributed by atoms with Gasteiger partial charge in [-0.3, -0.25) is 10.1 Å². The van der Waals surface area contributed by atoms with E-state index < -0.39 is 0 Å². The van der Waals surface area contributed by atoms with Crippen LogP contribution in [0.4, 0.5) is 11.4 Å². The van der Waals surface area contributed by atoms with Crippen LogP contribution in [0.15, 0.2) is 30.4 Å². The second-order valence-electron chi connectivity index (χ2n) is 3.59. The molecule has 0 radical (unpaired) electrons. The minimum atomic E-state index is -0.380. The monoisotopic (exact) mass is 236 g/mol. The summed E-state index contributed by atoms with van der Waals surface area (Å²) in [6.07, 6.45) is 4.26. The van der Waals surface area contributed by atoms with Gasteiger partial charge < -0.3 is 10.4 Å². The van der Waals surface area contributed by atoms with Gasteiger partial charge in [-0.25, -0.2) is 0 Å². The van der Waals surface area contributed by atoms with Crippen LogP contribution in [-0.4, -0.2) is 23.2 Å². The number of nitro benzene ring substituents is 1. The van der Waals surface area contributed by atoms with E-state index in [1.807, 2.05) is 12.2 Å². The smallest absolute Gasteiger partial charge is 0.295 e. The van der Waals surface area contributed by atoms with Crippen molar-refractivity contribution in [3.05, 3.63) is 46.0 Å². The number of nitro groups is 1. The number of para-hydroxylation sites is 1. The zero-order valence-corrected chi connectivity index (χ0v) is 9.72. The fraction of sp³-hybridized carbons (Fsp3) is 0.333. The average molecular weight is 236 g/mol. The van der Waals surface area contributed by atoms with E-state index in [4.69, 9.17) is 5.11 Å². The number of aliphatic hydroxyl groups is 1. The van der Waals surface area contributed by atoms with Crippen LogP contribution in [0.3, 0.4) is 0 Å². The van der Waals surface area contributed by atoms with E-state index in [2.05, 4.69) is 5.32 Å². The summed E-state index contributed by atoms with van der Waals surface area (Å²) in [4.78, 5) is 10.5. The lowest BCUT2D eigenvalue weighted by molar-refractivity contribution is -0.384. The fourth-order valence-electron chi connectivity index (χ4n) is 1.49. The van der Waals surface area contributed by atoms with Crippen LogP contribution in [-0.2, 0) is 0 Å². The average Bonchev–Trinajstić information content (AvgIpc) is 2.28. The number of rotatable bonds is 6. The van der Waals surface area contributed by atoms with Crippen LogP contribution in [0.1, 0.15) is 12.0 Å². The Kier molecular flexibility index (Phi) is 5.16. The van der Waals surface area contributed by atoms with Gasteiger partial charge in [-0.15, -0.1) is 0 Å². The Hall–Kier alpha value is -1.88. The summed E-state index contributed by atoms with van der Waals surface area (Å²) in [6, 6.07) is 5.18. The third-order valence-corrected chi connectivity index (χ3v) is 2.29. The van der Waals surface area contributed by atoms with Crippen LogP contribution >= 0.6 is 0 Å². The van der Waals surface area contributed by atoms with Crippen LogP contribution in [0, 0.1) is 17.0 Å². The van der Waals surface area contributed by atoms with Gasteiger partial charge in [0.25, 0.3) is 5.69 Å². The van der Waals surface area contributed by atoms with Gasteiger partial charge in [0.15, 0.2) is 0 Å². The standard InChI is InChI=1S/C12H16N2O3/c1-10-6-5-7-11(12(10)14(16)17)13-8-3-2-4-9-15/h2-3,5-7,13,15H,4,8-9H2,1H3/b3-2+. The molecular formula is C12H16N2O3. The molecule has 0 heterocycles. The Bertz CT molecular complexity index is 416. The topological polar surface area (TPSA) is 75.4 Å². The molecule has 5 nitrogen and oxygen atoms in total. The molecule has 17 heavy (non-hydrogen) atoms. The lowest BCUT2D eigenvalue weighted by atomic mass is 10.1. The van der Waals surface area contributed by atoms with E-state index in [1.54, 1.807) is 25.1 Å². The summed E-state index contributed by atoms with van der Waals surface area (Å²) >= 11 is 0. The minimum absolute atomic E-state index is 0.112. The molecule has 0 atom stereocenters. The van der Waals surface area contributed by atoms with E-state index in [9.17, 15) is 10.1 Å². The molecule has 0 saturated heterocycles. The molecule has 0 unspecified atom stereocenters. The molecule has 0 aliphatic rings. The lowest BCUT2D eigenvalue weighted by Gasteiger charge is -2.06. The van der Waals surface area contributed by atoms with Crippen LogP contribution in [0.2, 0.25) is 0 Å². The molecular weight excluding hydrogens is 220 g/mol. The molecule has 0 fully saturated rings. The van der Waals surface area contributed by atoms with Crippen molar-refractivity contribution in [1.82, 2.24) is 0 Å². The number of anilines is 1. The number of benzene rings is 1. The molecule has 0 bridgehead atoms. The highest BCUT2D eigenvalue weighted by molar-refractivity contribution is 5.65. The molecule has 1 aromatic rings. The predicted molar refractivity (Wildman–Crippen MR) is 67.2 cm³/mol. The van der Waals surface area contributed by atoms with Gasteiger partial charge in [-0.05, 0) is 19.4 Å². The summed E-state index contributed by atoms with van der Waals surface area (Å²) in [7, 11) is 0. The van der Waals surface area contributed by atoms with Crippen LogP contribution in [0.5, 0.6) is 0 Å².